The summed E-state index contributed by atoms with van der Waals surface area (Å²) < 4.78 is 39.5. The standard InChI is InChI=1S/C12H19FN2O3S/c1-3-4-9(16)7-15-19(17,18)10-5-11(13)8(2)12(14)6-10/h5-6,9,15-16H,3-4,7,14H2,1-2H3. The lowest BCUT2D eigenvalue weighted by Crippen LogP contribution is -2.32. The van der Waals surface area contributed by atoms with E-state index in [1.165, 1.54) is 13.0 Å². The van der Waals surface area contributed by atoms with Crippen molar-refractivity contribution in [3.63, 3.8) is 0 Å². The summed E-state index contributed by atoms with van der Waals surface area (Å²) in [6, 6.07) is 2.12. The second kappa shape index (κ2) is 6.31. The van der Waals surface area contributed by atoms with E-state index >= 15 is 0 Å². The lowest BCUT2D eigenvalue weighted by molar-refractivity contribution is 0.167. The van der Waals surface area contributed by atoms with Gasteiger partial charge in [-0.05, 0) is 25.5 Å². The average molecular weight is 290 g/mol. The number of aliphatic hydroxyl groups excluding tert-OH is 1. The average Bonchev–Trinajstić information content (AvgIpc) is 2.33. The van der Waals surface area contributed by atoms with Crippen LogP contribution in [0, 0.1) is 12.7 Å². The van der Waals surface area contributed by atoms with Crippen molar-refractivity contribution in [3.8, 4) is 0 Å². The van der Waals surface area contributed by atoms with Gasteiger partial charge in [-0.3, -0.25) is 0 Å². The predicted octanol–water partition coefficient (Wildman–Crippen LogP) is 1.16. The van der Waals surface area contributed by atoms with Gasteiger partial charge in [0.2, 0.25) is 10.0 Å². The molecule has 1 unspecified atom stereocenters. The summed E-state index contributed by atoms with van der Waals surface area (Å²) in [7, 11) is -3.87. The van der Waals surface area contributed by atoms with Gasteiger partial charge in [0.15, 0.2) is 0 Å². The largest absolute Gasteiger partial charge is 0.398 e. The monoisotopic (exact) mass is 290 g/mol. The van der Waals surface area contributed by atoms with Gasteiger partial charge < -0.3 is 10.8 Å². The molecule has 0 aliphatic carbocycles. The Labute approximate surface area is 112 Å². The molecular formula is C12H19FN2O3S. The minimum Gasteiger partial charge on any atom is -0.398 e. The number of anilines is 1. The number of benzene rings is 1. The Morgan fingerprint density at radius 1 is 1.47 bits per heavy atom. The minimum absolute atomic E-state index is 0.0782. The molecule has 108 valence electrons. The predicted molar refractivity (Wildman–Crippen MR) is 71.7 cm³/mol. The Hall–Kier alpha value is -1.18. The minimum atomic E-state index is -3.87. The molecule has 0 aliphatic rings. The molecule has 0 aliphatic heterocycles. The van der Waals surface area contributed by atoms with Crippen LogP contribution in [0.2, 0.25) is 0 Å². The summed E-state index contributed by atoms with van der Waals surface area (Å²) in [6.45, 7) is 3.25. The van der Waals surface area contributed by atoms with E-state index in [-0.39, 0.29) is 22.7 Å². The molecule has 7 heteroatoms. The Bertz CT molecular complexity index is 523. The summed E-state index contributed by atoms with van der Waals surface area (Å²) >= 11 is 0. The van der Waals surface area contributed by atoms with Gasteiger partial charge in [-0.25, -0.2) is 17.5 Å². The summed E-state index contributed by atoms with van der Waals surface area (Å²) in [5.41, 5.74) is 5.83. The van der Waals surface area contributed by atoms with Crippen LogP contribution in [0.5, 0.6) is 0 Å². The van der Waals surface area contributed by atoms with Gasteiger partial charge >= 0.3 is 0 Å². The molecule has 19 heavy (non-hydrogen) atoms. The molecule has 5 nitrogen and oxygen atoms in total. The van der Waals surface area contributed by atoms with Crippen LogP contribution in [0.15, 0.2) is 17.0 Å². The third-order valence-corrected chi connectivity index (χ3v) is 4.20. The van der Waals surface area contributed by atoms with E-state index in [2.05, 4.69) is 4.72 Å². The zero-order valence-electron chi connectivity index (χ0n) is 11.0. The van der Waals surface area contributed by atoms with Gasteiger partial charge in [0.05, 0.1) is 11.0 Å². The number of sulfonamides is 1. The van der Waals surface area contributed by atoms with Crippen LogP contribution >= 0.6 is 0 Å². The highest BCUT2D eigenvalue weighted by molar-refractivity contribution is 7.89. The normalized spacial score (nSPS) is 13.5. The first-order valence-corrected chi connectivity index (χ1v) is 7.49. The maximum atomic E-state index is 13.5. The van der Waals surface area contributed by atoms with Crippen LogP contribution in [-0.2, 0) is 10.0 Å². The summed E-state index contributed by atoms with van der Waals surface area (Å²) in [4.78, 5) is -0.239. The van der Waals surface area contributed by atoms with Crippen molar-refractivity contribution < 1.29 is 17.9 Å². The van der Waals surface area contributed by atoms with E-state index in [1.807, 2.05) is 6.92 Å². The van der Waals surface area contributed by atoms with Crippen LogP contribution < -0.4 is 10.5 Å². The maximum Gasteiger partial charge on any atom is 0.240 e. The first-order valence-electron chi connectivity index (χ1n) is 6.01. The van der Waals surface area contributed by atoms with Gasteiger partial charge in [0.1, 0.15) is 5.82 Å². The van der Waals surface area contributed by atoms with E-state index < -0.39 is 21.9 Å². The smallest absolute Gasteiger partial charge is 0.240 e. The van der Waals surface area contributed by atoms with E-state index in [1.54, 1.807) is 0 Å². The molecule has 0 aromatic heterocycles. The molecule has 0 saturated carbocycles. The Morgan fingerprint density at radius 3 is 2.63 bits per heavy atom. The Morgan fingerprint density at radius 2 is 2.11 bits per heavy atom. The summed E-state index contributed by atoms with van der Waals surface area (Å²) in [5, 5.41) is 9.49. The molecule has 4 N–H and O–H groups in total. The van der Waals surface area contributed by atoms with Crippen molar-refractivity contribution in [1.29, 1.82) is 0 Å². The molecule has 0 saturated heterocycles. The van der Waals surface area contributed by atoms with Gasteiger partial charge in [-0.2, -0.15) is 0 Å². The first kappa shape index (κ1) is 15.9. The molecule has 0 fully saturated rings. The van der Waals surface area contributed by atoms with Gasteiger partial charge in [0, 0.05) is 17.8 Å². The number of aliphatic hydroxyl groups is 1. The molecule has 1 rings (SSSR count). The quantitative estimate of drug-likeness (QED) is 0.685. The van der Waals surface area contributed by atoms with Crippen molar-refractivity contribution in [1.82, 2.24) is 4.72 Å². The number of halogens is 1. The fraction of sp³-hybridized carbons (Fsp3) is 0.500. The lowest BCUT2D eigenvalue weighted by atomic mass is 10.2. The van der Waals surface area contributed by atoms with E-state index in [0.717, 1.165) is 12.5 Å². The van der Waals surface area contributed by atoms with E-state index in [0.29, 0.717) is 6.42 Å². The summed E-state index contributed by atoms with van der Waals surface area (Å²) in [5.74, 6) is -0.672. The molecule has 0 amide bonds. The molecule has 1 aromatic carbocycles. The third-order valence-electron chi connectivity index (χ3n) is 2.80. The molecular weight excluding hydrogens is 271 g/mol. The van der Waals surface area contributed by atoms with Crippen molar-refractivity contribution in [2.45, 2.75) is 37.7 Å². The molecule has 0 bridgehead atoms. The molecule has 0 radical (unpaired) electrons. The number of rotatable bonds is 6. The van der Waals surface area contributed by atoms with Crippen molar-refractivity contribution in [2.75, 3.05) is 12.3 Å². The second-order valence-electron chi connectivity index (χ2n) is 4.41. The van der Waals surface area contributed by atoms with Crippen molar-refractivity contribution in [3.05, 3.63) is 23.5 Å². The van der Waals surface area contributed by atoms with Gasteiger partial charge in [-0.1, -0.05) is 13.3 Å². The topological polar surface area (TPSA) is 92.4 Å². The molecule has 0 spiro atoms. The summed E-state index contributed by atoms with van der Waals surface area (Å²) in [6.07, 6.45) is 0.481. The zero-order chi connectivity index (χ0) is 14.6. The van der Waals surface area contributed by atoms with Gasteiger partial charge in [0.25, 0.3) is 0 Å². The number of nitrogen functional groups attached to an aromatic ring is 1. The number of hydrogen-bond acceptors (Lipinski definition) is 4. The van der Waals surface area contributed by atoms with Gasteiger partial charge in [-0.15, -0.1) is 0 Å². The lowest BCUT2D eigenvalue weighted by Gasteiger charge is -2.12. The van der Waals surface area contributed by atoms with Crippen LogP contribution in [0.1, 0.15) is 25.3 Å². The molecule has 1 atom stereocenters. The van der Waals surface area contributed by atoms with Crippen LogP contribution in [0.25, 0.3) is 0 Å². The van der Waals surface area contributed by atoms with Crippen LogP contribution in [0.4, 0.5) is 10.1 Å². The highest BCUT2D eigenvalue weighted by Crippen LogP contribution is 2.20. The first-order chi connectivity index (χ1) is 8.77. The van der Waals surface area contributed by atoms with Crippen LogP contribution in [-0.4, -0.2) is 26.2 Å². The number of nitrogens with two attached hydrogens (primary N) is 1. The highest BCUT2D eigenvalue weighted by Gasteiger charge is 2.18. The van der Waals surface area contributed by atoms with E-state index in [4.69, 9.17) is 5.73 Å². The van der Waals surface area contributed by atoms with E-state index in [9.17, 15) is 17.9 Å². The van der Waals surface area contributed by atoms with Crippen molar-refractivity contribution >= 4 is 15.7 Å². The van der Waals surface area contributed by atoms with Crippen molar-refractivity contribution in [2.24, 2.45) is 0 Å². The highest BCUT2D eigenvalue weighted by atomic mass is 32.2. The fourth-order valence-corrected chi connectivity index (χ4v) is 2.67. The molecule has 1 aromatic rings. The Kier molecular flexibility index (Phi) is 5.28. The third kappa shape index (κ3) is 4.15. The number of hydrogen-bond donors (Lipinski definition) is 3. The zero-order valence-corrected chi connectivity index (χ0v) is 11.8. The molecule has 0 heterocycles. The fourth-order valence-electron chi connectivity index (χ4n) is 1.55. The van der Waals surface area contributed by atoms with Crippen LogP contribution in [0.3, 0.4) is 0 Å². The maximum absolute atomic E-state index is 13.5. The second-order valence-corrected chi connectivity index (χ2v) is 6.18. The Balaban J connectivity index is 2.89. The number of nitrogens with one attached hydrogen (secondary N) is 1. The SMILES string of the molecule is CCCC(O)CNS(=O)(=O)c1cc(N)c(C)c(F)c1.